The first-order valence-corrected chi connectivity index (χ1v) is 8.53. The molecular weight excluding hydrogens is 292 g/mol. The molecule has 1 aliphatic rings. The van der Waals surface area contributed by atoms with Crippen molar-refractivity contribution < 1.29 is 0 Å². The van der Waals surface area contributed by atoms with Crippen molar-refractivity contribution in [3.05, 3.63) is 48.4 Å². The lowest BCUT2D eigenvalue weighted by Crippen LogP contribution is -2.43. The number of aromatic nitrogens is 2. The maximum Gasteiger partial charge on any atom is 0.194 e. The number of likely N-dealkylation sites (N-methyl/N-ethyl adjacent to an activating group) is 1. The zero-order valence-electron chi connectivity index (χ0n) is 12.8. The Kier molecular flexibility index (Phi) is 3.70. The van der Waals surface area contributed by atoms with Crippen LogP contribution in [0.25, 0.3) is 15.4 Å². The average molecular weight is 312 g/mol. The Labute approximate surface area is 134 Å². The molecule has 2 aromatic heterocycles. The molecular formula is C17H20N4S. The third kappa shape index (κ3) is 2.79. The summed E-state index contributed by atoms with van der Waals surface area (Å²) in [5.74, 6) is 0. The van der Waals surface area contributed by atoms with Gasteiger partial charge in [0.1, 0.15) is 0 Å². The van der Waals surface area contributed by atoms with Crippen LogP contribution in [0.4, 0.5) is 0 Å². The van der Waals surface area contributed by atoms with Crippen molar-refractivity contribution in [3.8, 4) is 10.4 Å². The van der Waals surface area contributed by atoms with Crippen molar-refractivity contribution in [1.29, 1.82) is 0 Å². The number of thiazole rings is 1. The van der Waals surface area contributed by atoms with E-state index in [9.17, 15) is 0 Å². The Balaban J connectivity index is 1.51. The first-order valence-electron chi connectivity index (χ1n) is 7.72. The highest BCUT2D eigenvalue weighted by molar-refractivity contribution is 7.20. The van der Waals surface area contributed by atoms with Gasteiger partial charge in [0.05, 0.1) is 10.6 Å². The molecule has 3 aromatic rings. The highest BCUT2D eigenvalue weighted by Crippen LogP contribution is 2.28. The van der Waals surface area contributed by atoms with Gasteiger partial charge in [-0.15, -0.1) is 0 Å². The van der Waals surface area contributed by atoms with Crippen LogP contribution in [-0.4, -0.2) is 52.4 Å². The Bertz CT molecular complexity index is 722. The quantitative estimate of drug-likeness (QED) is 0.743. The molecule has 4 nitrogen and oxygen atoms in total. The SMILES string of the molecule is CN1CCN(Cc2cn3cc(-c4ccccc4)sc3n2)CC1. The van der Waals surface area contributed by atoms with E-state index >= 15 is 0 Å². The van der Waals surface area contributed by atoms with Crippen LogP contribution in [0.5, 0.6) is 0 Å². The summed E-state index contributed by atoms with van der Waals surface area (Å²) in [7, 11) is 2.19. The van der Waals surface area contributed by atoms with Gasteiger partial charge in [-0.25, -0.2) is 4.98 Å². The molecule has 0 saturated carbocycles. The summed E-state index contributed by atoms with van der Waals surface area (Å²) in [6.07, 6.45) is 4.37. The van der Waals surface area contributed by atoms with E-state index in [0.29, 0.717) is 0 Å². The van der Waals surface area contributed by atoms with E-state index in [-0.39, 0.29) is 0 Å². The first kappa shape index (κ1) is 13.9. The largest absolute Gasteiger partial charge is 0.304 e. The van der Waals surface area contributed by atoms with Gasteiger partial charge in [0.25, 0.3) is 0 Å². The molecule has 114 valence electrons. The molecule has 3 heterocycles. The van der Waals surface area contributed by atoms with Gasteiger partial charge in [-0.05, 0) is 12.6 Å². The van der Waals surface area contributed by atoms with Crippen LogP contribution in [0.2, 0.25) is 0 Å². The molecule has 1 saturated heterocycles. The van der Waals surface area contributed by atoms with Gasteiger partial charge in [0.15, 0.2) is 4.96 Å². The van der Waals surface area contributed by atoms with Crippen molar-refractivity contribution in [3.63, 3.8) is 0 Å². The fourth-order valence-electron chi connectivity index (χ4n) is 2.89. The minimum Gasteiger partial charge on any atom is -0.304 e. The van der Waals surface area contributed by atoms with Gasteiger partial charge in [0, 0.05) is 45.1 Å². The highest BCUT2D eigenvalue weighted by Gasteiger charge is 2.16. The molecule has 0 aliphatic carbocycles. The van der Waals surface area contributed by atoms with E-state index in [4.69, 9.17) is 4.98 Å². The topological polar surface area (TPSA) is 23.8 Å². The smallest absolute Gasteiger partial charge is 0.194 e. The molecule has 0 atom stereocenters. The Morgan fingerprint density at radius 2 is 1.82 bits per heavy atom. The average Bonchev–Trinajstić information content (AvgIpc) is 3.09. The van der Waals surface area contributed by atoms with Gasteiger partial charge < -0.3 is 4.90 Å². The molecule has 1 aromatic carbocycles. The normalized spacial score (nSPS) is 17.3. The molecule has 4 rings (SSSR count). The zero-order valence-corrected chi connectivity index (χ0v) is 13.6. The number of rotatable bonds is 3. The van der Waals surface area contributed by atoms with E-state index in [1.807, 2.05) is 0 Å². The predicted molar refractivity (Wildman–Crippen MR) is 91.3 cm³/mol. The van der Waals surface area contributed by atoms with E-state index < -0.39 is 0 Å². The van der Waals surface area contributed by atoms with E-state index in [0.717, 1.165) is 37.7 Å². The van der Waals surface area contributed by atoms with Crippen LogP contribution < -0.4 is 0 Å². The fraction of sp³-hybridized carbons (Fsp3) is 0.353. The highest BCUT2D eigenvalue weighted by atomic mass is 32.1. The van der Waals surface area contributed by atoms with E-state index in [2.05, 4.69) is 64.0 Å². The second-order valence-corrected chi connectivity index (χ2v) is 6.97. The van der Waals surface area contributed by atoms with Crippen LogP contribution in [-0.2, 0) is 6.54 Å². The Morgan fingerprint density at radius 3 is 2.55 bits per heavy atom. The molecule has 1 aliphatic heterocycles. The summed E-state index contributed by atoms with van der Waals surface area (Å²) in [5, 5.41) is 0. The van der Waals surface area contributed by atoms with Crippen molar-refractivity contribution in [2.45, 2.75) is 6.54 Å². The van der Waals surface area contributed by atoms with Gasteiger partial charge >= 0.3 is 0 Å². The molecule has 0 bridgehead atoms. The molecule has 0 spiro atoms. The van der Waals surface area contributed by atoms with E-state index in [1.54, 1.807) is 11.3 Å². The van der Waals surface area contributed by atoms with Crippen LogP contribution in [0.3, 0.4) is 0 Å². The number of benzene rings is 1. The zero-order chi connectivity index (χ0) is 14.9. The van der Waals surface area contributed by atoms with Gasteiger partial charge in [-0.2, -0.15) is 0 Å². The molecule has 0 N–H and O–H groups in total. The van der Waals surface area contributed by atoms with Gasteiger partial charge in [-0.1, -0.05) is 41.7 Å². The number of nitrogens with zero attached hydrogens (tertiary/aromatic N) is 4. The van der Waals surface area contributed by atoms with Crippen molar-refractivity contribution in [2.24, 2.45) is 0 Å². The molecule has 0 radical (unpaired) electrons. The summed E-state index contributed by atoms with van der Waals surface area (Å²) < 4.78 is 2.17. The van der Waals surface area contributed by atoms with Crippen molar-refractivity contribution in [2.75, 3.05) is 33.2 Å². The lowest BCUT2D eigenvalue weighted by molar-refractivity contribution is 0.147. The first-order chi connectivity index (χ1) is 10.8. The second-order valence-electron chi connectivity index (χ2n) is 5.96. The summed E-state index contributed by atoms with van der Waals surface area (Å²) in [6, 6.07) is 10.5. The summed E-state index contributed by atoms with van der Waals surface area (Å²) >= 11 is 1.76. The van der Waals surface area contributed by atoms with Crippen molar-refractivity contribution >= 4 is 16.3 Å². The third-order valence-corrected chi connectivity index (χ3v) is 5.29. The molecule has 0 amide bonds. The van der Waals surface area contributed by atoms with Crippen LogP contribution >= 0.6 is 11.3 Å². The lowest BCUT2D eigenvalue weighted by atomic mass is 10.2. The van der Waals surface area contributed by atoms with Crippen LogP contribution in [0.15, 0.2) is 42.7 Å². The summed E-state index contributed by atoms with van der Waals surface area (Å²) in [6.45, 7) is 5.54. The molecule has 1 fully saturated rings. The maximum absolute atomic E-state index is 4.80. The number of fused-ring (bicyclic) bond motifs is 1. The number of hydrogen-bond donors (Lipinski definition) is 0. The molecule has 5 heteroatoms. The maximum atomic E-state index is 4.80. The number of piperazine rings is 1. The van der Waals surface area contributed by atoms with Crippen LogP contribution in [0.1, 0.15) is 5.69 Å². The molecule has 22 heavy (non-hydrogen) atoms. The minimum absolute atomic E-state index is 0.961. The Hall–Kier alpha value is -1.69. The van der Waals surface area contributed by atoms with Crippen molar-refractivity contribution in [1.82, 2.24) is 19.2 Å². The van der Waals surface area contributed by atoms with Crippen LogP contribution in [0, 0.1) is 0 Å². The minimum atomic E-state index is 0.961. The second kappa shape index (κ2) is 5.83. The number of imidazole rings is 1. The predicted octanol–water partition coefficient (Wildman–Crippen LogP) is 2.81. The van der Waals surface area contributed by atoms with Gasteiger partial charge in [-0.3, -0.25) is 9.30 Å². The standard InChI is InChI=1S/C17H20N4S/c1-19-7-9-20(10-8-19)11-15-12-21-13-16(22-17(21)18-15)14-5-3-2-4-6-14/h2-6,12-13H,7-11H2,1H3. The lowest BCUT2D eigenvalue weighted by Gasteiger charge is -2.31. The molecule has 0 unspecified atom stereocenters. The van der Waals surface area contributed by atoms with E-state index in [1.165, 1.54) is 16.1 Å². The fourth-order valence-corrected chi connectivity index (χ4v) is 3.88. The Morgan fingerprint density at radius 1 is 1.05 bits per heavy atom. The third-order valence-electron chi connectivity index (χ3n) is 4.25. The monoisotopic (exact) mass is 312 g/mol. The number of hydrogen-bond acceptors (Lipinski definition) is 4. The summed E-state index contributed by atoms with van der Waals surface area (Å²) in [5.41, 5.74) is 2.44. The van der Waals surface area contributed by atoms with Gasteiger partial charge in [0.2, 0.25) is 0 Å². The summed E-state index contributed by atoms with van der Waals surface area (Å²) in [4.78, 5) is 12.0.